The van der Waals surface area contributed by atoms with Crippen LogP contribution in [0.1, 0.15) is 264 Å². The van der Waals surface area contributed by atoms with Gasteiger partial charge in [-0.25, -0.2) is 0 Å². The zero-order chi connectivity index (χ0) is 48.0. The van der Waals surface area contributed by atoms with Gasteiger partial charge >= 0.3 is 11.9 Å². The fourth-order valence-corrected chi connectivity index (χ4v) is 8.69. The summed E-state index contributed by atoms with van der Waals surface area (Å²) in [4.78, 5) is 25.5. The van der Waals surface area contributed by atoms with Crippen molar-refractivity contribution >= 4 is 11.9 Å². The van der Waals surface area contributed by atoms with Crippen LogP contribution in [0.5, 0.6) is 0 Å². The number of aliphatic hydroxyl groups is 4. The molecule has 1 rings (SSSR count). The molecule has 6 atom stereocenters. The minimum Gasteiger partial charge on any atom is -0.462 e. The van der Waals surface area contributed by atoms with Crippen LogP contribution in [0.25, 0.3) is 0 Å². The van der Waals surface area contributed by atoms with E-state index in [9.17, 15) is 30.0 Å². The van der Waals surface area contributed by atoms with Crippen molar-refractivity contribution in [2.75, 3.05) is 19.8 Å². The number of allylic oxidation sites excluding steroid dienone is 4. The molecule has 4 N–H and O–H groups in total. The summed E-state index contributed by atoms with van der Waals surface area (Å²) in [6.45, 7) is 3.45. The van der Waals surface area contributed by atoms with Gasteiger partial charge < -0.3 is 39.4 Å². The molecule has 10 nitrogen and oxygen atoms in total. The molecular formula is C56H104O10. The largest absolute Gasteiger partial charge is 0.462 e. The highest BCUT2D eigenvalue weighted by atomic mass is 16.7. The van der Waals surface area contributed by atoms with Crippen molar-refractivity contribution in [2.45, 2.75) is 301 Å². The molecule has 0 aromatic rings. The summed E-state index contributed by atoms with van der Waals surface area (Å²) >= 11 is 0. The summed E-state index contributed by atoms with van der Waals surface area (Å²) in [5.74, 6) is -0.796. The summed E-state index contributed by atoms with van der Waals surface area (Å²) in [5.41, 5.74) is 0. The molecule has 1 saturated heterocycles. The van der Waals surface area contributed by atoms with Gasteiger partial charge in [0.1, 0.15) is 31.0 Å². The first-order valence-electron chi connectivity index (χ1n) is 27.9. The summed E-state index contributed by atoms with van der Waals surface area (Å²) < 4.78 is 22.3. The van der Waals surface area contributed by atoms with Crippen molar-refractivity contribution < 1.29 is 49.0 Å². The van der Waals surface area contributed by atoms with Crippen LogP contribution in [-0.2, 0) is 28.5 Å². The molecule has 66 heavy (non-hydrogen) atoms. The molecule has 6 unspecified atom stereocenters. The van der Waals surface area contributed by atoms with Crippen LogP contribution in [0.2, 0.25) is 0 Å². The highest BCUT2D eigenvalue weighted by Crippen LogP contribution is 2.23. The number of aliphatic hydroxyl groups excluding tert-OH is 4. The van der Waals surface area contributed by atoms with Crippen molar-refractivity contribution in [3.63, 3.8) is 0 Å². The highest BCUT2D eigenvalue weighted by molar-refractivity contribution is 5.70. The van der Waals surface area contributed by atoms with Crippen LogP contribution < -0.4 is 0 Å². The number of hydrogen-bond acceptors (Lipinski definition) is 10. The van der Waals surface area contributed by atoms with Crippen LogP contribution in [0.4, 0.5) is 0 Å². The first kappa shape index (κ1) is 62.2. The molecule has 10 heteroatoms. The topological polar surface area (TPSA) is 152 Å². The average Bonchev–Trinajstić information content (AvgIpc) is 3.32. The number of rotatable bonds is 48. The molecule has 1 aliphatic rings. The second kappa shape index (κ2) is 46.9. The van der Waals surface area contributed by atoms with Gasteiger partial charge in [0.25, 0.3) is 0 Å². The van der Waals surface area contributed by atoms with Crippen molar-refractivity contribution in [2.24, 2.45) is 0 Å². The molecule has 0 bridgehead atoms. The Labute approximate surface area is 404 Å². The van der Waals surface area contributed by atoms with E-state index in [1.807, 2.05) is 0 Å². The molecule has 0 spiro atoms. The van der Waals surface area contributed by atoms with Gasteiger partial charge in [-0.1, -0.05) is 231 Å². The minimum atomic E-state index is -1.59. The Morgan fingerprint density at radius 3 is 1.29 bits per heavy atom. The normalized spacial score (nSPS) is 19.3. The Hall–Kier alpha value is -1.82. The van der Waals surface area contributed by atoms with Crippen LogP contribution in [0, 0.1) is 0 Å². The summed E-state index contributed by atoms with van der Waals surface area (Å²) in [6, 6.07) is 0. The maximum atomic E-state index is 12.9. The van der Waals surface area contributed by atoms with E-state index in [1.54, 1.807) is 0 Å². The van der Waals surface area contributed by atoms with Crippen LogP contribution in [0.15, 0.2) is 24.3 Å². The summed E-state index contributed by atoms with van der Waals surface area (Å²) in [6.07, 6.45) is 47.6. The Morgan fingerprint density at radius 2 is 0.848 bits per heavy atom. The second-order valence-electron chi connectivity index (χ2n) is 19.4. The molecule has 1 heterocycles. The van der Waals surface area contributed by atoms with Gasteiger partial charge in [-0.2, -0.15) is 0 Å². The second-order valence-corrected chi connectivity index (χ2v) is 19.4. The molecule has 0 saturated carbocycles. The minimum absolute atomic E-state index is 0.214. The summed E-state index contributed by atoms with van der Waals surface area (Å²) in [7, 11) is 0. The van der Waals surface area contributed by atoms with E-state index in [0.717, 1.165) is 51.4 Å². The molecule has 0 aliphatic carbocycles. The van der Waals surface area contributed by atoms with Crippen molar-refractivity contribution in [3.05, 3.63) is 24.3 Å². The third-order valence-electron chi connectivity index (χ3n) is 13.1. The standard InChI is InChI=1S/C56H104O10/c1-3-5-7-9-11-13-15-17-19-21-23-24-25-27-28-30-32-34-36-38-40-42-44-51(58)63-47-49(48-64-56-55(62)54(61)53(60)50(46-57)66-56)65-52(59)45-43-41-39-37-35-33-31-29-26-22-20-18-16-14-12-10-8-6-4-2/h12,14,18,20,49-50,53-57,60-62H,3-11,13,15-17,19,21-48H2,1-2H3/b14-12-,20-18-. The maximum absolute atomic E-state index is 12.9. The predicted molar refractivity (Wildman–Crippen MR) is 270 cm³/mol. The quantitative estimate of drug-likeness (QED) is 0.0264. The number of hydrogen-bond donors (Lipinski definition) is 4. The Bertz CT molecular complexity index is 1130. The molecule has 0 amide bonds. The Balaban J connectivity index is 2.21. The Kier molecular flexibility index (Phi) is 44.2. The van der Waals surface area contributed by atoms with Crippen molar-refractivity contribution in [1.29, 1.82) is 0 Å². The lowest BCUT2D eigenvalue weighted by molar-refractivity contribution is -0.305. The van der Waals surface area contributed by atoms with E-state index in [-0.39, 0.29) is 32.0 Å². The maximum Gasteiger partial charge on any atom is 0.306 e. The van der Waals surface area contributed by atoms with Gasteiger partial charge in [-0.3, -0.25) is 9.59 Å². The van der Waals surface area contributed by atoms with Crippen molar-refractivity contribution in [1.82, 2.24) is 0 Å². The van der Waals surface area contributed by atoms with E-state index in [2.05, 4.69) is 38.2 Å². The third kappa shape index (κ3) is 37.1. The van der Waals surface area contributed by atoms with Gasteiger partial charge in [-0.05, 0) is 44.9 Å². The molecule has 1 fully saturated rings. The van der Waals surface area contributed by atoms with Crippen LogP contribution >= 0.6 is 0 Å². The summed E-state index contributed by atoms with van der Waals surface area (Å²) in [5, 5.41) is 40.3. The molecule has 0 aromatic carbocycles. The van der Waals surface area contributed by atoms with E-state index >= 15 is 0 Å². The number of ether oxygens (including phenoxy) is 4. The van der Waals surface area contributed by atoms with Gasteiger partial charge in [-0.15, -0.1) is 0 Å². The fraction of sp³-hybridized carbons (Fsp3) is 0.893. The van der Waals surface area contributed by atoms with Gasteiger partial charge in [0.15, 0.2) is 12.4 Å². The monoisotopic (exact) mass is 937 g/mol. The van der Waals surface area contributed by atoms with Crippen LogP contribution in [-0.4, -0.2) is 89.0 Å². The van der Waals surface area contributed by atoms with E-state index in [1.165, 1.54) is 180 Å². The van der Waals surface area contributed by atoms with Gasteiger partial charge in [0.05, 0.1) is 13.2 Å². The predicted octanol–water partition coefficient (Wildman–Crippen LogP) is 13.6. The average molecular weight is 937 g/mol. The lowest BCUT2D eigenvalue weighted by Crippen LogP contribution is -2.59. The molecule has 388 valence electrons. The molecule has 0 radical (unpaired) electrons. The van der Waals surface area contributed by atoms with Crippen LogP contribution in [0.3, 0.4) is 0 Å². The molecule has 0 aromatic heterocycles. The number of esters is 2. The molecule has 1 aliphatic heterocycles. The lowest BCUT2D eigenvalue weighted by atomic mass is 9.99. The molecular weight excluding hydrogens is 833 g/mol. The van der Waals surface area contributed by atoms with Gasteiger partial charge in [0, 0.05) is 12.8 Å². The SMILES string of the molecule is CCCCC/C=C\C/C=C\CCCCCCCCCCCC(=O)OC(COC(=O)CCCCCCCCCCCCCCCCCCCCCCCC)COC1OC(CO)C(O)C(O)C1O. The van der Waals surface area contributed by atoms with E-state index in [4.69, 9.17) is 18.9 Å². The van der Waals surface area contributed by atoms with Crippen molar-refractivity contribution in [3.8, 4) is 0 Å². The Morgan fingerprint density at radius 1 is 0.470 bits per heavy atom. The number of unbranched alkanes of at least 4 members (excludes halogenated alkanes) is 33. The van der Waals surface area contributed by atoms with Gasteiger partial charge in [0.2, 0.25) is 0 Å². The first-order valence-corrected chi connectivity index (χ1v) is 27.9. The zero-order valence-corrected chi connectivity index (χ0v) is 42.7. The third-order valence-corrected chi connectivity index (χ3v) is 13.1. The highest BCUT2D eigenvalue weighted by Gasteiger charge is 2.44. The number of carbonyl (C=O) groups is 2. The van der Waals surface area contributed by atoms with E-state index < -0.39 is 49.4 Å². The zero-order valence-electron chi connectivity index (χ0n) is 42.7. The number of carbonyl (C=O) groups excluding carboxylic acids is 2. The van der Waals surface area contributed by atoms with E-state index in [0.29, 0.717) is 6.42 Å². The smallest absolute Gasteiger partial charge is 0.306 e. The first-order chi connectivity index (χ1) is 32.3. The fourth-order valence-electron chi connectivity index (χ4n) is 8.69. The lowest BCUT2D eigenvalue weighted by Gasteiger charge is -2.39.